The maximum absolute atomic E-state index is 12.9. The zero-order valence-electron chi connectivity index (χ0n) is 7.91. The summed E-state index contributed by atoms with van der Waals surface area (Å²) in [5, 5.41) is 0. The molecule has 1 atom stereocenters. The molecule has 1 aromatic rings. The first-order chi connectivity index (χ1) is 6.79. The Balaban J connectivity index is 2.08. The Morgan fingerprint density at radius 3 is 2.93 bits per heavy atom. The fourth-order valence-corrected chi connectivity index (χ4v) is 1.61. The first-order valence-corrected chi connectivity index (χ1v) is 4.86. The van der Waals surface area contributed by atoms with Gasteiger partial charge in [0.05, 0.1) is 6.20 Å². The molecule has 1 fully saturated rings. The molecule has 1 aliphatic carbocycles. The van der Waals surface area contributed by atoms with Gasteiger partial charge in [-0.1, -0.05) is 12.8 Å². The van der Waals surface area contributed by atoms with Gasteiger partial charge >= 0.3 is 0 Å². The van der Waals surface area contributed by atoms with Crippen molar-refractivity contribution in [1.29, 1.82) is 0 Å². The molecule has 0 amide bonds. The van der Waals surface area contributed by atoms with Gasteiger partial charge < -0.3 is 0 Å². The van der Waals surface area contributed by atoms with Gasteiger partial charge in [0, 0.05) is 12.2 Å². The van der Waals surface area contributed by atoms with E-state index in [9.17, 15) is 4.39 Å². The van der Waals surface area contributed by atoms with Crippen molar-refractivity contribution in [2.24, 2.45) is 11.8 Å². The molecular formula is C10H14FN3. The predicted octanol–water partition coefficient (Wildman–Crippen LogP) is 1.53. The van der Waals surface area contributed by atoms with E-state index in [0.717, 1.165) is 17.9 Å². The van der Waals surface area contributed by atoms with Crippen molar-refractivity contribution < 1.29 is 4.39 Å². The number of rotatable bonds is 4. The summed E-state index contributed by atoms with van der Waals surface area (Å²) in [5.41, 5.74) is 3.54. The second-order valence-corrected chi connectivity index (χ2v) is 3.83. The van der Waals surface area contributed by atoms with Gasteiger partial charge in [-0.15, -0.1) is 0 Å². The highest BCUT2D eigenvalue weighted by Crippen LogP contribution is 2.37. The van der Waals surface area contributed by atoms with Crippen LogP contribution in [0.5, 0.6) is 0 Å². The van der Waals surface area contributed by atoms with Crippen LogP contribution in [0.15, 0.2) is 18.5 Å². The van der Waals surface area contributed by atoms with Gasteiger partial charge in [0.1, 0.15) is 5.82 Å². The Hall–Kier alpha value is -1.00. The average molecular weight is 195 g/mol. The van der Waals surface area contributed by atoms with E-state index >= 15 is 0 Å². The summed E-state index contributed by atoms with van der Waals surface area (Å²) in [6.45, 7) is 0. The monoisotopic (exact) mass is 195 g/mol. The van der Waals surface area contributed by atoms with Gasteiger partial charge in [0.15, 0.2) is 0 Å². The standard InChI is InChI=1S/C10H14FN3/c11-9-4-8(5-13-6-9)10(14-12)3-7-1-2-7/h4-7,10,14H,1-3,12H2. The number of nitrogens with one attached hydrogen (secondary N) is 1. The molecule has 1 aliphatic rings. The maximum Gasteiger partial charge on any atom is 0.141 e. The van der Waals surface area contributed by atoms with Gasteiger partial charge in [-0.2, -0.15) is 0 Å². The lowest BCUT2D eigenvalue weighted by Gasteiger charge is -2.15. The van der Waals surface area contributed by atoms with E-state index in [0.29, 0.717) is 0 Å². The van der Waals surface area contributed by atoms with E-state index in [1.807, 2.05) is 0 Å². The second kappa shape index (κ2) is 4.02. The molecule has 0 radical (unpaired) electrons. The molecular weight excluding hydrogens is 181 g/mol. The maximum atomic E-state index is 12.9. The molecule has 0 saturated heterocycles. The van der Waals surface area contributed by atoms with Gasteiger partial charge in [-0.3, -0.25) is 16.3 Å². The molecule has 4 heteroatoms. The Kier molecular flexibility index (Phi) is 2.74. The molecule has 0 aromatic carbocycles. The number of hydrogen-bond donors (Lipinski definition) is 2. The summed E-state index contributed by atoms with van der Waals surface area (Å²) >= 11 is 0. The normalized spacial score (nSPS) is 18.1. The molecule has 1 heterocycles. The third-order valence-corrected chi connectivity index (χ3v) is 2.60. The highest BCUT2D eigenvalue weighted by Gasteiger charge is 2.25. The molecule has 2 rings (SSSR count). The van der Waals surface area contributed by atoms with Crippen molar-refractivity contribution in [3.05, 3.63) is 29.8 Å². The first-order valence-electron chi connectivity index (χ1n) is 4.86. The number of hydrazine groups is 1. The smallest absolute Gasteiger partial charge is 0.141 e. The van der Waals surface area contributed by atoms with Crippen LogP contribution in [0.3, 0.4) is 0 Å². The van der Waals surface area contributed by atoms with Crippen molar-refractivity contribution in [1.82, 2.24) is 10.4 Å². The van der Waals surface area contributed by atoms with Crippen LogP contribution in [-0.2, 0) is 0 Å². The molecule has 1 aromatic heterocycles. The van der Waals surface area contributed by atoms with Crippen molar-refractivity contribution in [3.8, 4) is 0 Å². The lowest BCUT2D eigenvalue weighted by atomic mass is 10.0. The van der Waals surface area contributed by atoms with Crippen LogP contribution in [0, 0.1) is 11.7 Å². The summed E-state index contributed by atoms with van der Waals surface area (Å²) in [6, 6.07) is 1.52. The van der Waals surface area contributed by atoms with Crippen molar-refractivity contribution in [3.63, 3.8) is 0 Å². The van der Waals surface area contributed by atoms with Crippen LogP contribution in [0.1, 0.15) is 30.9 Å². The third kappa shape index (κ3) is 2.27. The topological polar surface area (TPSA) is 50.9 Å². The largest absolute Gasteiger partial charge is 0.271 e. The van der Waals surface area contributed by atoms with E-state index in [1.54, 1.807) is 6.20 Å². The van der Waals surface area contributed by atoms with Gasteiger partial charge in [-0.25, -0.2) is 4.39 Å². The molecule has 1 saturated carbocycles. The zero-order valence-corrected chi connectivity index (χ0v) is 7.91. The summed E-state index contributed by atoms with van der Waals surface area (Å²) in [7, 11) is 0. The van der Waals surface area contributed by atoms with Crippen molar-refractivity contribution >= 4 is 0 Å². The van der Waals surface area contributed by atoms with E-state index in [2.05, 4.69) is 10.4 Å². The summed E-state index contributed by atoms with van der Waals surface area (Å²) in [5.74, 6) is 5.87. The van der Waals surface area contributed by atoms with Crippen LogP contribution in [0.25, 0.3) is 0 Å². The second-order valence-electron chi connectivity index (χ2n) is 3.83. The highest BCUT2D eigenvalue weighted by molar-refractivity contribution is 5.15. The number of aromatic nitrogens is 1. The van der Waals surface area contributed by atoms with Crippen LogP contribution in [0.4, 0.5) is 4.39 Å². The lowest BCUT2D eigenvalue weighted by molar-refractivity contribution is 0.482. The van der Waals surface area contributed by atoms with E-state index in [1.165, 1.54) is 25.1 Å². The minimum absolute atomic E-state index is 0.0331. The van der Waals surface area contributed by atoms with Crippen LogP contribution in [0.2, 0.25) is 0 Å². The predicted molar refractivity (Wildman–Crippen MR) is 51.6 cm³/mol. The summed E-state index contributed by atoms with van der Waals surface area (Å²) in [4.78, 5) is 3.81. The lowest BCUT2D eigenvalue weighted by Crippen LogP contribution is -2.28. The van der Waals surface area contributed by atoms with Crippen LogP contribution >= 0.6 is 0 Å². The Bertz CT molecular complexity index is 312. The fraction of sp³-hybridized carbons (Fsp3) is 0.500. The van der Waals surface area contributed by atoms with Crippen molar-refractivity contribution in [2.45, 2.75) is 25.3 Å². The molecule has 0 spiro atoms. The van der Waals surface area contributed by atoms with Crippen molar-refractivity contribution in [2.75, 3.05) is 0 Å². The van der Waals surface area contributed by atoms with Gasteiger partial charge in [-0.05, 0) is 24.0 Å². The Morgan fingerprint density at radius 1 is 1.57 bits per heavy atom. The summed E-state index contributed by atoms with van der Waals surface area (Å²) in [6.07, 6.45) is 6.37. The molecule has 1 unspecified atom stereocenters. The zero-order chi connectivity index (χ0) is 9.97. The quantitative estimate of drug-likeness (QED) is 0.565. The highest BCUT2D eigenvalue weighted by atomic mass is 19.1. The molecule has 76 valence electrons. The Morgan fingerprint density at radius 2 is 2.36 bits per heavy atom. The minimum Gasteiger partial charge on any atom is -0.271 e. The summed E-state index contributed by atoms with van der Waals surface area (Å²) < 4.78 is 12.9. The SMILES string of the molecule is NNC(CC1CC1)c1cncc(F)c1. The molecule has 3 nitrogen and oxygen atoms in total. The van der Waals surface area contributed by atoms with Gasteiger partial charge in [0.25, 0.3) is 0 Å². The minimum atomic E-state index is -0.307. The average Bonchev–Trinajstić information content (AvgIpc) is 2.98. The van der Waals surface area contributed by atoms with Crippen LogP contribution in [-0.4, -0.2) is 4.98 Å². The van der Waals surface area contributed by atoms with Crippen LogP contribution < -0.4 is 11.3 Å². The first kappa shape index (κ1) is 9.55. The third-order valence-electron chi connectivity index (χ3n) is 2.60. The fourth-order valence-electron chi connectivity index (χ4n) is 1.61. The molecule has 14 heavy (non-hydrogen) atoms. The number of pyridine rings is 1. The number of halogens is 1. The number of nitrogens with two attached hydrogens (primary N) is 1. The van der Waals surface area contributed by atoms with E-state index < -0.39 is 0 Å². The van der Waals surface area contributed by atoms with E-state index in [4.69, 9.17) is 5.84 Å². The molecule has 0 bridgehead atoms. The molecule has 0 aliphatic heterocycles. The van der Waals surface area contributed by atoms with Gasteiger partial charge in [0.2, 0.25) is 0 Å². The van der Waals surface area contributed by atoms with E-state index in [-0.39, 0.29) is 11.9 Å². The Labute approximate surface area is 82.5 Å². The molecule has 3 N–H and O–H groups in total. The number of hydrogen-bond acceptors (Lipinski definition) is 3. The number of nitrogens with zero attached hydrogens (tertiary/aromatic N) is 1.